The summed E-state index contributed by atoms with van der Waals surface area (Å²) in [7, 11) is 1.42. The number of rotatable bonds is 7. The molecule has 0 aliphatic carbocycles. The molecular weight excluding hydrogens is 214 g/mol. The van der Waals surface area contributed by atoms with Gasteiger partial charge in [-0.15, -0.1) is 19.0 Å². The predicted molar refractivity (Wildman–Crippen MR) is 65.3 cm³/mol. The molecule has 1 N–H and O–H groups in total. The van der Waals surface area contributed by atoms with E-state index in [1.54, 1.807) is 0 Å². The van der Waals surface area contributed by atoms with Crippen molar-refractivity contribution >= 4 is 18.4 Å². The van der Waals surface area contributed by atoms with E-state index >= 15 is 0 Å². The fourth-order valence-electron chi connectivity index (χ4n) is 1.24. The molecule has 4 heteroatoms. The van der Waals surface area contributed by atoms with Crippen molar-refractivity contribution in [3.63, 3.8) is 0 Å². The second-order valence-corrected chi connectivity index (χ2v) is 3.74. The first-order valence-corrected chi connectivity index (χ1v) is 5.04. The predicted octanol–water partition coefficient (Wildman–Crippen LogP) is 2.16. The Hall–Kier alpha value is -0.540. The molecule has 0 aromatic rings. The Bertz CT molecular complexity index is 183. The van der Waals surface area contributed by atoms with Crippen molar-refractivity contribution in [2.24, 2.45) is 5.92 Å². The van der Waals surface area contributed by atoms with Crippen LogP contribution in [0.1, 0.15) is 26.7 Å². The lowest BCUT2D eigenvalue weighted by Crippen LogP contribution is -2.39. The topological polar surface area (TPSA) is 38.3 Å². The van der Waals surface area contributed by atoms with E-state index in [-0.39, 0.29) is 24.4 Å². The van der Waals surface area contributed by atoms with Crippen molar-refractivity contribution in [2.45, 2.75) is 32.7 Å². The van der Waals surface area contributed by atoms with Gasteiger partial charge in [-0.1, -0.05) is 19.9 Å². The molecule has 0 saturated heterocycles. The molecule has 90 valence electrons. The molecule has 15 heavy (non-hydrogen) atoms. The molecule has 3 nitrogen and oxygen atoms in total. The zero-order valence-electron chi connectivity index (χ0n) is 9.79. The molecule has 0 aromatic carbocycles. The van der Waals surface area contributed by atoms with Crippen LogP contribution < -0.4 is 5.32 Å². The van der Waals surface area contributed by atoms with Crippen LogP contribution in [0.2, 0.25) is 0 Å². The second-order valence-electron chi connectivity index (χ2n) is 3.74. The fourth-order valence-corrected chi connectivity index (χ4v) is 1.24. The molecule has 0 rings (SSSR count). The monoisotopic (exact) mass is 235 g/mol. The Kier molecular flexibility index (Phi) is 11.2. The first kappa shape index (κ1) is 16.9. The van der Waals surface area contributed by atoms with Crippen LogP contribution in [0.25, 0.3) is 0 Å². The molecule has 0 fully saturated rings. The van der Waals surface area contributed by atoms with E-state index in [1.165, 1.54) is 7.11 Å². The van der Waals surface area contributed by atoms with E-state index in [0.717, 1.165) is 19.4 Å². The number of ether oxygens (including phenoxy) is 1. The highest BCUT2D eigenvalue weighted by atomic mass is 35.5. The molecule has 0 aliphatic rings. The quantitative estimate of drug-likeness (QED) is 0.418. The number of methoxy groups -OCH3 is 1. The summed E-state index contributed by atoms with van der Waals surface area (Å²) >= 11 is 0. The van der Waals surface area contributed by atoms with Gasteiger partial charge in [-0.3, -0.25) is 4.79 Å². The van der Waals surface area contributed by atoms with Gasteiger partial charge < -0.3 is 10.1 Å². The number of carbonyl (C=O) groups is 1. The number of halogens is 1. The van der Waals surface area contributed by atoms with E-state index in [4.69, 9.17) is 4.74 Å². The molecule has 0 spiro atoms. The van der Waals surface area contributed by atoms with Crippen LogP contribution in [0.3, 0.4) is 0 Å². The average molecular weight is 236 g/mol. The summed E-state index contributed by atoms with van der Waals surface area (Å²) in [5.41, 5.74) is 0. The number of nitrogens with one attached hydrogen (secondary N) is 1. The Labute approximate surface area is 98.7 Å². The van der Waals surface area contributed by atoms with Crippen LogP contribution in [0.4, 0.5) is 0 Å². The van der Waals surface area contributed by atoms with E-state index in [9.17, 15) is 4.79 Å². The maximum atomic E-state index is 11.3. The lowest BCUT2D eigenvalue weighted by Gasteiger charge is -2.17. The van der Waals surface area contributed by atoms with Crippen LogP contribution in [0.5, 0.6) is 0 Å². The smallest absolute Gasteiger partial charge is 0.322 e. The van der Waals surface area contributed by atoms with Crippen molar-refractivity contribution in [3.05, 3.63) is 12.7 Å². The standard InChI is InChI=1S/C11H21NO2.ClH/c1-5-6-7-12-10(8-9(2)3)11(13)14-4;/h5,9-10,12H,1,6-8H2,2-4H3;1H/t10-;/m0./s1. The molecule has 0 aromatic heterocycles. The summed E-state index contributed by atoms with van der Waals surface area (Å²) in [6.45, 7) is 8.58. The van der Waals surface area contributed by atoms with Gasteiger partial charge >= 0.3 is 5.97 Å². The van der Waals surface area contributed by atoms with Crippen molar-refractivity contribution < 1.29 is 9.53 Å². The molecule has 0 unspecified atom stereocenters. The molecule has 0 heterocycles. The van der Waals surface area contributed by atoms with E-state index in [2.05, 4.69) is 25.7 Å². The van der Waals surface area contributed by atoms with Gasteiger partial charge in [-0.2, -0.15) is 0 Å². The van der Waals surface area contributed by atoms with Gasteiger partial charge in [0.2, 0.25) is 0 Å². The third-order valence-electron chi connectivity index (χ3n) is 1.93. The van der Waals surface area contributed by atoms with Crippen LogP contribution in [0.15, 0.2) is 12.7 Å². The Morgan fingerprint density at radius 3 is 2.53 bits per heavy atom. The zero-order chi connectivity index (χ0) is 11.0. The summed E-state index contributed by atoms with van der Waals surface area (Å²) in [6, 6.07) is -0.181. The third-order valence-corrected chi connectivity index (χ3v) is 1.93. The fraction of sp³-hybridized carbons (Fsp3) is 0.727. The van der Waals surface area contributed by atoms with Gasteiger partial charge in [0.05, 0.1) is 7.11 Å². The highest BCUT2D eigenvalue weighted by Gasteiger charge is 2.18. The Morgan fingerprint density at radius 2 is 2.13 bits per heavy atom. The maximum absolute atomic E-state index is 11.3. The number of carbonyl (C=O) groups excluding carboxylic acids is 1. The highest BCUT2D eigenvalue weighted by molar-refractivity contribution is 5.85. The van der Waals surface area contributed by atoms with Crippen LogP contribution in [0, 0.1) is 5.92 Å². The molecule has 1 atom stereocenters. The molecule has 0 aliphatic heterocycles. The third kappa shape index (κ3) is 8.45. The summed E-state index contributed by atoms with van der Waals surface area (Å²) < 4.78 is 4.72. The molecule has 0 saturated carbocycles. The summed E-state index contributed by atoms with van der Waals surface area (Å²) in [5.74, 6) is 0.304. The van der Waals surface area contributed by atoms with Gasteiger partial charge in [-0.05, 0) is 25.3 Å². The minimum atomic E-state index is -0.181. The maximum Gasteiger partial charge on any atom is 0.322 e. The van der Waals surface area contributed by atoms with Gasteiger partial charge in [0, 0.05) is 0 Å². The van der Waals surface area contributed by atoms with Gasteiger partial charge in [0.15, 0.2) is 0 Å². The van der Waals surface area contributed by atoms with Gasteiger partial charge in [-0.25, -0.2) is 0 Å². The van der Waals surface area contributed by atoms with Gasteiger partial charge in [0.1, 0.15) is 6.04 Å². The minimum Gasteiger partial charge on any atom is -0.468 e. The largest absolute Gasteiger partial charge is 0.468 e. The number of esters is 1. The van der Waals surface area contributed by atoms with Crippen molar-refractivity contribution in [2.75, 3.05) is 13.7 Å². The molecule has 0 bridgehead atoms. The van der Waals surface area contributed by atoms with E-state index in [1.807, 2.05) is 6.08 Å². The summed E-state index contributed by atoms with van der Waals surface area (Å²) in [5, 5.41) is 3.16. The minimum absolute atomic E-state index is 0. The molecular formula is C11H22ClNO2. The Morgan fingerprint density at radius 1 is 1.53 bits per heavy atom. The van der Waals surface area contributed by atoms with Crippen molar-refractivity contribution in [3.8, 4) is 0 Å². The van der Waals surface area contributed by atoms with Crippen LogP contribution >= 0.6 is 12.4 Å². The van der Waals surface area contributed by atoms with Crippen LogP contribution in [-0.2, 0) is 9.53 Å². The van der Waals surface area contributed by atoms with Crippen LogP contribution in [-0.4, -0.2) is 25.7 Å². The molecule has 0 amide bonds. The molecule has 0 radical (unpaired) electrons. The lowest BCUT2D eigenvalue weighted by atomic mass is 10.0. The normalized spacial score (nSPS) is 11.7. The van der Waals surface area contributed by atoms with Crippen molar-refractivity contribution in [1.82, 2.24) is 5.32 Å². The first-order valence-electron chi connectivity index (χ1n) is 5.04. The Balaban J connectivity index is 0. The summed E-state index contributed by atoms with van der Waals surface area (Å²) in [4.78, 5) is 11.3. The summed E-state index contributed by atoms with van der Waals surface area (Å²) in [6.07, 6.45) is 3.51. The zero-order valence-corrected chi connectivity index (χ0v) is 10.6. The SMILES string of the molecule is C=CCCN[C@@H](CC(C)C)C(=O)OC.Cl. The average Bonchev–Trinajstić information content (AvgIpc) is 2.15. The van der Waals surface area contributed by atoms with E-state index in [0.29, 0.717) is 5.92 Å². The number of hydrogen-bond acceptors (Lipinski definition) is 3. The second kappa shape index (κ2) is 9.99. The first-order chi connectivity index (χ1) is 6.61. The van der Waals surface area contributed by atoms with Crippen molar-refractivity contribution in [1.29, 1.82) is 0 Å². The van der Waals surface area contributed by atoms with E-state index < -0.39 is 0 Å². The number of hydrogen-bond donors (Lipinski definition) is 1. The lowest BCUT2D eigenvalue weighted by molar-refractivity contribution is -0.143. The highest BCUT2D eigenvalue weighted by Crippen LogP contribution is 2.06. The van der Waals surface area contributed by atoms with Gasteiger partial charge in [0.25, 0.3) is 0 Å².